The number of nitrogens with one attached hydrogen (secondary N) is 1. The standard InChI is InChI=1S/C15H20ClNO6S/c1-9(2)7-24(21,22)8-13(18)17-14(15(19)20)10-4-5-12(23-3)11(16)6-10/h4-6,9,14H,7-8H2,1-3H3,(H,17,18)(H,19,20). The third-order valence-corrected chi connectivity index (χ3v) is 5.17. The fraction of sp³-hybridized carbons (Fsp3) is 0.467. The summed E-state index contributed by atoms with van der Waals surface area (Å²) < 4.78 is 28.6. The van der Waals surface area contributed by atoms with Gasteiger partial charge in [0.2, 0.25) is 5.91 Å². The number of carbonyl (C=O) groups is 2. The first-order chi connectivity index (χ1) is 11.1. The lowest BCUT2D eigenvalue weighted by Crippen LogP contribution is -2.38. The highest BCUT2D eigenvalue weighted by atomic mass is 35.5. The summed E-state index contributed by atoms with van der Waals surface area (Å²) >= 11 is 5.95. The van der Waals surface area contributed by atoms with E-state index >= 15 is 0 Å². The Morgan fingerprint density at radius 3 is 2.42 bits per heavy atom. The second-order valence-corrected chi connectivity index (χ2v) is 8.20. The van der Waals surface area contributed by atoms with Crippen molar-refractivity contribution in [3.8, 4) is 5.75 Å². The van der Waals surface area contributed by atoms with Gasteiger partial charge in [-0.2, -0.15) is 0 Å². The summed E-state index contributed by atoms with van der Waals surface area (Å²) in [5.74, 6) is -2.89. The van der Waals surface area contributed by atoms with Crippen molar-refractivity contribution in [1.29, 1.82) is 0 Å². The van der Waals surface area contributed by atoms with Crippen LogP contribution in [0.2, 0.25) is 5.02 Å². The minimum absolute atomic E-state index is 0.126. The molecule has 0 radical (unpaired) electrons. The summed E-state index contributed by atoms with van der Waals surface area (Å²) in [5, 5.41) is 11.7. The lowest BCUT2D eigenvalue weighted by atomic mass is 10.1. The Bertz CT molecular complexity index is 717. The van der Waals surface area contributed by atoms with Crippen LogP contribution in [0.3, 0.4) is 0 Å². The van der Waals surface area contributed by atoms with Crippen LogP contribution in [0.15, 0.2) is 18.2 Å². The number of carboxylic acid groups (broad SMARTS) is 1. The molecule has 0 fully saturated rings. The number of hydrogen-bond acceptors (Lipinski definition) is 5. The van der Waals surface area contributed by atoms with Crippen LogP contribution in [0.5, 0.6) is 5.75 Å². The average Bonchev–Trinajstić information content (AvgIpc) is 2.42. The number of sulfone groups is 1. The second-order valence-electron chi connectivity index (χ2n) is 5.68. The number of methoxy groups -OCH3 is 1. The van der Waals surface area contributed by atoms with Gasteiger partial charge in [0.05, 0.1) is 17.9 Å². The highest BCUT2D eigenvalue weighted by Gasteiger charge is 2.26. The molecule has 1 unspecified atom stereocenters. The van der Waals surface area contributed by atoms with E-state index in [2.05, 4.69) is 5.32 Å². The molecule has 1 amide bonds. The fourth-order valence-electron chi connectivity index (χ4n) is 2.12. The Morgan fingerprint density at radius 2 is 1.96 bits per heavy atom. The quantitative estimate of drug-likeness (QED) is 0.713. The number of benzene rings is 1. The van der Waals surface area contributed by atoms with Crippen LogP contribution in [0, 0.1) is 5.92 Å². The summed E-state index contributed by atoms with van der Waals surface area (Å²) in [5.41, 5.74) is 0.211. The molecule has 9 heteroatoms. The Morgan fingerprint density at radius 1 is 1.33 bits per heavy atom. The van der Waals surface area contributed by atoms with Crippen LogP contribution in [0.1, 0.15) is 25.5 Å². The molecule has 0 heterocycles. The maximum absolute atomic E-state index is 11.9. The normalized spacial score (nSPS) is 12.7. The van der Waals surface area contributed by atoms with E-state index in [1.54, 1.807) is 13.8 Å². The third kappa shape index (κ3) is 6.01. The van der Waals surface area contributed by atoms with Crippen molar-refractivity contribution < 1.29 is 27.9 Å². The summed E-state index contributed by atoms with van der Waals surface area (Å²) in [6.45, 7) is 3.43. The molecule has 0 saturated heterocycles. The smallest absolute Gasteiger partial charge is 0.330 e. The first-order valence-electron chi connectivity index (χ1n) is 7.11. The molecule has 0 aromatic heterocycles. The molecule has 2 N–H and O–H groups in total. The molecule has 1 aromatic carbocycles. The predicted molar refractivity (Wildman–Crippen MR) is 90.0 cm³/mol. The van der Waals surface area contributed by atoms with Crippen molar-refractivity contribution >= 4 is 33.3 Å². The molecule has 0 spiro atoms. The fourth-order valence-corrected chi connectivity index (χ4v) is 4.00. The first kappa shape index (κ1) is 20.2. The number of hydrogen-bond donors (Lipinski definition) is 2. The molecule has 1 aromatic rings. The van der Waals surface area contributed by atoms with Crippen LogP contribution in [-0.4, -0.2) is 44.0 Å². The van der Waals surface area contributed by atoms with Crippen molar-refractivity contribution in [2.45, 2.75) is 19.9 Å². The molecule has 0 saturated carbocycles. The summed E-state index contributed by atoms with van der Waals surface area (Å²) in [6, 6.07) is 2.85. The van der Waals surface area contributed by atoms with Crippen molar-refractivity contribution in [1.82, 2.24) is 5.32 Å². The largest absolute Gasteiger partial charge is 0.495 e. The van der Waals surface area contributed by atoms with Crippen LogP contribution in [0.4, 0.5) is 0 Å². The molecular formula is C15H20ClNO6S. The Hall–Kier alpha value is -1.80. The molecule has 1 atom stereocenters. The van der Waals surface area contributed by atoms with E-state index in [1.807, 2.05) is 0 Å². The van der Waals surface area contributed by atoms with E-state index in [4.69, 9.17) is 16.3 Å². The molecule has 0 aliphatic heterocycles. The van der Waals surface area contributed by atoms with Gasteiger partial charge in [-0.25, -0.2) is 13.2 Å². The molecular weight excluding hydrogens is 358 g/mol. The van der Waals surface area contributed by atoms with Crippen LogP contribution in [-0.2, 0) is 19.4 Å². The highest BCUT2D eigenvalue weighted by Crippen LogP contribution is 2.27. The zero-order valence-electron chi connectivity index (χ0n) is 13.6. The van der Waals surface area contributed by atoms with Crippen molar-refractivity contribution in [2.75, 3.05) is 18.6 Å². The number of ether oxygens (including phenoxy) is 1. The predicted octanol–water partition coefficient (Wildman–Crippen LogP) is 1.66. The van der Waals surface area contributed by atoms with E-state index in [0.29, 0.717) is 5.75 Å². The van der Waals surface area contributed by atoms with Crippen molar-refractivity contribution in [2.24, 2.45) is 5.92 Å². The second kappa shape index (κ2) is 8.34. The first-order valence-corrected chi connectivity index (χ1v) is 9.31. The van der Waals surface area contributed by atoms with Gasteiger partial charge in [0.25, 0.3) is 0 Å². The molecule has 7 nitrogen and oxygen atoms in total. The zero-order chi connectivity index (χ0) is 18.5. The monoisotopic (exact) mass is 377 g/mol. The molecule has 24 heavy (non-hydrogen) atoms. The van der Waals surface area contributed by atoms with Gasteiger partial charge in [-0.1, -0.05) is 31.5 Å². The minimum atomic E-state index is -3.60. The molecule has 0 bridgehead atoms. The number of carboxylic acids is 1. The molecule has 1 rings (SSSR count). The lowest BCUT2D eigenvalue weighted by molar-refractivity contribution is -0.141. The molecule has 0 aliphatic rings. The number of halogens is 1. The van der Waals surface area contributed by atoms with E-state index < -0.39 is 33.5 Å². The van der Waals surface area contributed by atoms with Crippen molar-refractivity contribution in [3.05, 3.63) is 28.8 Å². The zero-order valence-corrected chi connectivity index (χ0v) is 15.1. The summed E-state index contributed by atoms with van der Waals surface area (Å²) in [7, 11) is -2.19. The molecule has 0 aliphatic carbocycles. The third-order valence-electron chi connectivity index (χ3n) is 3.00. The number of carbonyl (C=O) groups excluding carboxylic acids is 1. The van der Waals surface area contributed by atoms with Gasteiger partial charge in [0.15, 0.2) is 15.9 Å². The lowest BCUT2D eigenvalue weighted by Gasteiger charge is -2.16. The summed E-state index contributed by atoms with van der Waals surface area (Å²) in [4.78, 5) is 23.3. The summed E-state index contributed by atoms with van der Waals surface area (Å²) in [6.07, 6.45) is 0. The van der Waals surface area contributed by atoms with Crippen LogP contribution >= 0.6 is 11.6 Å². The topological polar surface area (TPSA) is 110 Å². The van der Waals surface area contributed by atoms with E-state index in [0.717, 1.165) is 0 Å². The highest BCUT2D eigenvalue weighted by molar-refractivity contribution is 7.92. The van der Waals surface area contributed by atoms with Gasteiger partial charge in [0.1, 0.15) is 11.5 Å². The van der Waals surface area contributed by atoms with Gasteiger partial charge >= 0.3 is 5.97 Å². The van der Waals surface area contributed by atoms with E-state index in [9.17, 15) is 23.1 Å². The SMILES string of the molecule is COc1ccc(C(NC(=O)CS(=O)(=O)CC(C)C)C(=O)O)cc1Cl. The molecule has 134 valence electrons. The average molecular weight is 378 g/mol. The Labute approximate surface area is 145 Å². The van der Waals surface area contributed by atoms with E-state index in [-0.39, 0.29) is 22.3 Å². The van der Waals surface area contributed by atoms with Gasteiger partial charge in [-0.15, -0.1) is 0 Å². The van der Waals surface area contributed by atoms with E-state index in [1.165, 1.54) is 25.3 Å². The maximum atomic E-state index is 11.9. The minimum Gasteiger partial charge on any atom is -0.495 e. The van der Waals surface area contributed by atoms with Crippen molar-refractivity contribution in [3.63, 3.8) is 0 Å². The maximum Gasteiger partial charge on any atom is 0.330 e. The van der Waals surface area contributed by atoms with Gasteiger partial charge in [0, 0.05) is 0 Å². The van der Waals surface area contributed by atoms with Crippen LogP contribution < -0.4 is 10.1 Å². The van der Waals surface area contributed by atoms with Crippen LogP contribution in [0.25, 0.3) is 0 Å². The number of amides is 1. The Balaban J connectivity index is 2.93. The van der Waals surface area contributed by atoms with Gasteiger partial charge in [-0.3, -0.25) is 4.79 Å². The number of rotatable bonds is 8. The Kier molecular flexibility index (Phi) is 7.04. The van der Waals surface area contributed by atoms with Gasteiger partial charge in [-0.05, 0) is 23.6 Å². The number of aliphatic carboxylic acids is 1. The van der Waals surface area contributed by atoms with Gasteiger partial charge < -0.3 is 15.2 Å².